The number of hydrogen-bond donors (Lipinski definition) is 0. The van der Waals surface area contributed by atoms with Gasteiger partial charge in [-0.25, -0.2) is 0 Å². The van der Waals surface area contributed by atoms with Gasteiger partial charge in [-0.05, 0) is 19.4 Å². The normalized spacial score (nSPS) is 8.39. The van der Waals surface area contributed by atoms with Crippen molar-refractivity contribution in [2.45, 2.75) is 34.6 Å². The van der Waals surface area contributed by atoms with E-state index >= 15 is 0 Å². The van der Waals surface area contributed by atoms with Crippen LogP contribution in [0.25, 0.3) is 0 Å². The third kappa shape index (κ3) is 10.6. The molecule has 1 aromatic heterocycles. The van der Waals surface area contributed by atoms with Crippen molar-refractivity contribution >= 4 is 11.8 Å². The number of Topliss-reactive ketones (excluding diaryl/α,β-unsaturated/α-hetero) is 1. The quantitative estimate of drug-likeness (QED) is 0.468. The van der Waals surface area contributed by atoms with Crippen molar-refractivity contribution in [3.05, 3.63) is 35.3 Å². The fraction of sp³-hybridized carbons (Fsp3) is 0.462. The highest BCUT2D eigenvalue weighted by molar-refractivity contribution is 5.78. The molecule has 102 valence electrons. The molecule has 0 aliphatic heterocycles. The van der Waals surface area contributed by atoms with Crippen LogP contribution in [0.2, 0.25) is 0 Å². The number of esters is 1. The van der Waals surface area contributed by atoms with Crippen LogP contribution in [0.4, 0.5) is 0 Å². The Morgan fingerprint density at radius 3 is 2.06 bits per heavy atom. The first kappa shape index (κ1) is 18.5. The Bertz CT molecular complexity index is 360. The Morgan fingerprint density at radius 1 is 1.28 bits per heavy atom. The fourth-order valence-electron chi connectivity index (χ4n) is 1.05. The second-order valence-corrected chi connectivity index (χ2v) is 3.37. The Morgan fingerprint density at radius 2 is 1.78 bits per heavy atom. The molecule has 0 aliphatic rings. The molecule has 0 aromatic carbocycles. The van der Waals surface area contributed by atoms with E-state index in [-0.39, 0.29) is 19.2 Å². The van der Waals surface area contributed by atoms with Crippen LogP contribution in [0.15, 0.2) is 24.5 Å². The number of ketones is 1. The maximum absolute atomic E-state index is 10.6. The van der Waals surface area contributed by atoms with E-state index in [2.05, 4.69) is 4.74 Å². The number of carbonyl (C=O) groups is 2. The Labute approximate surface area is 108 Å². The second-order valence-electron chi connectivity index (χ2n) is 3.37. The van der Waals surface area contributed by atoms with E-state index in [1.807, 2.05) is 0 Å². The molecule has 5 nitrogen and oxygen atoms in total. The van der Waals surface area contributed by atoms with E-state index in [1.165, 1.54) is 26.2 Å². The van der Waals surface area contributed by atoms with Gasteiger partial charge in [-0.1, -0.05) is 7.43 Å². The summed E-state index contributed by atoms with van der Waals surface area (Å²) in [4.78, 5) is 20.4. The summed E-state index contributed by atoms with van der Waals surface area (Å²) in [5.41, 5.74) is 0.879. The Balaban J connectivity index is 0. The summed E-state index contributed by atoms with van der Waals surface area (Å²) in [6.45, 7) is 5.18. The van der Waals surface area contributed by atoms with Crippen LogP contribution >= 0.6 is 0 Å². The number of pyridine rings is 1. The lowest BCUT2D eigenvalue weighted by atomic mass is 10.1. The lowest BCUT2D eigenvalue weighted by Crippen LogP contribution is -2.23. The molecule has 0 atom stereocenters. The summed E-state index contributed by atoms with van der Waals surface area (Å²) in [6.07, 6.45) is 3.18. The molecule has 1 rings (SSSR count). The predicted molar refractivity (Wildman–Crippen MR) is 68.8 cm³/mol. The number of rotatable bonds is 3. The number of carbonyl (C=O) groups excluding carboxylic acids is 2. The van der Waals surface area contributed by atoms with Gasteiger partial charge in [0.05, 0.1) is 6.61 Å². The molecule has 0 unspecified atom stereocenters. The molecule has 0 spiro atoms. The lowest BCUT2D eigenvalue weighted by Gasteiger charge is -1.96. The molecule has 0 bridgehead atoms. The van der Waals surface area contributed by atoms with E-state index in [9.17, 15) is 14.8 Å². The maximum atomic E-state index is 10.6. The van der Waals surface area contributed by atoms with Crippen LogP contribution in [0.1, 0.15) is 33.8 Å². The van der Waals surface area contributed by atoms with Gasteiger partial charge in [0.2, 0.25) is 0 Å². The molecular weight excluding hydrogens is 234 g/mol. The minimum absolute atomic E-state index is 0. The molecule has 0 saturated carbocycles. The third-order valence-electron chi connectivity index (χ3n) is 1.67. The van der Waals surface area contributed by atoms with Crippen LogP contribution in [-0.4, -0.2) is 18.4 Å². The monoisotopic (exact) mass is 255 g/mol. The van der Waals surface area contributed by atoms with Crippen LogP contribution in [0.3, 0.4) is 0 Å². The van der Waals surface area contributed by atoms with Gasteiger partial charge in [0, 0.05) is 25.5 Å². The zero-order valence-corrected chi connectivity index (χ0v) is 10.3. The Kier molecular flexibility index (Phi) is 10.5. The third-order valence-corrected chi connectivity index (χ3v) is 1.67. The first-order chi connectivity index (χ1) is 7.95. The average Bonchev–Trinajstić information content (AvgIpc) is 2.21. The summed E-state index contributed by atoms with van der Waals surface area (Å²) >= 11 is 0. The van der Waals surface area contributed by atoms with Crippen molar-refractivity contribution in [2.75, 3.05) is 6.61 Å². The van der Waals surface area contributed by atoms with Gasteiger partial charge in [0.25, 0.3) is 0 Å². The molecule has 0 N–H and O–H groups in total. The molecule has 0 saturated heterocycles. The van der Waals surface area contributed by atoms with Gasteiger partial charge in [-0.15, -0.1) is 0 Å². The number of ether oxygens (including phenoxy) is 1. The van der Waals surface area contributed by atoms with Crippen molar-refractivity contribution in [3.63, 3.8) is 0 Å². The van der Waals surface area contributed by atoms with Crippen LogP contribution < -0.4 is 4.73 Å². The van der Waals surface area contributed by atoms with Crippen molar-refractivity contribution in [2.24, 2.45) is 0 Å². The first-order valence-corrected chi connectivity index (χ1v) is 5.26. The molecule has 0 radical (unpaired) electrons. The van der Waals surface area contributed by atoms with Gasteiger partial charge in [-0.2, -0.15) is 4.73 Å². The molecule has 1 aromatic rings. The topological polar surface area (TPSA) is 70.3 Å². The van der Waals surface area contributed by atoms with E-state index in [0.717, 1.165) is 5.56 Å². The minimum Gasteiger partial charge on any atom is -0.619 e. The average molecular weight is 255 g/mol. The van der Waals surface area contributed by atoms with Gasteiger partial charge in [-0.3, -0.25) is 9.59 Å². The molecular formula is C13H21NO4. The zero-order valence-electron chi connectivity index (χ0n) is 10.3. The smallest absolute Gasteiger partial charge is 0.302 e. The summed E-state index contributed by atoms with van der Waals surface area (Å²) in [5.74, 6) is -0.105. The fourth-order valence-corrected chi connectivity index (χ4v) is 1.05. The van der Waals surface area contributed by atoms with Crippen molar-refractivity contribution < 1.29 is 19.1 Å². The standard InChI is InChI=1S/C8H9NO2.C4H8O2.CH4/c1-7(10)6-8-2-4-9(11)5-3-8;1-3-6-4(2)5;/h2-5H,6H2,1H3;3H2,1-2H3;1H4. The minimum atomic E-state index is -0.211. The van der Waals surface area contributed by atoms with E-state index in [1.54, 1.807) is 19.1 Å². The highest BCUT2D eigenvalue weighted by Gasteiger charge is 1.97. The van der Waals surface area contributed by atoms with Crippen LogP contribution in [0, 0.1) is 5.21 Å². The molecule has 5 heteroatoms. The van der Waals surface area contributed by atoms with Gasteiger partial charge < -0.3 is 9.94 Å². The zero-order chi connectivity index (χ0) is 13.3. The summed E-state index contributed by atoms with van der Waals surface area (Å²) < 4.78 is 5.10. The van der Waals surface area contributed by atoms with Gasteiger partial charge >= 0.3 is 5.97 Å². The second kappa shape index (κ2) is 10.3. The highest BCUT2D eigenvalue weighted by Crippen LogP contribution is 1.96. The summed E-state index contributed by atoms with van der Waals surface area (Å²) in [7, 11) is 0. The van der Waals surface area contributed by atoms with E-state index in [0.29, 0.717) is 17.8 Å². The molecule has 0 fully saturated rings. The van der Waals surface area contributed by atoms with Crippen molar-refractivity contribution in [1.82, 2.24) is 0 Å². The lowest BCUT2D eigenvalue weighted by molar-refractivity contribution is -0.605. The van der Waals surface area contributed by atoms with Gasteiger partial charge in [0.15, 0.2) is 12.4 Å². The summed E-state index contributed by atoms with van der Waals surface area (Å²) in [5, 5.41) is 10.5. The highest BCUT2D eigenvalue weighted by atomic mass is 16.5. The number of nitrogens with zero attached hydrogens (tertiary/aromatic N) is 1. The van der Waals surface area contributed by atoms with Gasteiger partial charge in [0.1, 0.15) is 5.78 Å². The largest absolute Gasteiger partial charge is 0.619 e. The molecule has 0 aliphatic carbocycles. The predicted octanol–water partition coefficient (Wildman–Crippen LogP) is 1.66. The van der Waals surface area contributed by atoms with Crippen LogP contribution in [-0.2, 0) is 20.7 Å². The first-order valence-electron chi connectivity index (χ1n) is 5.26. The van der Waals surface area contributed by atoms with Crippen LogP contribution in [0.5, 0.6) is 0 Å². The molecule has 18 heavy (non-hydrogen) atoms. The summed E-state index contributed by atoms with van der Waals surface area (Å²) in [6, 6.07) is 3.29. The van der Waals surface area contributed by atoms with Crippen molar-refractivity contribution in [1.29, 1.82) is 0 Å². The SMILES string of the molecule is C.CC(=O)Cc1cc[n+]([O-])cc1.CCOC(C)=O. The van der Waals surface area contributed by atoms with E-state index < -0.39 is 0 Å². The van der Waals surface area contributed by atoms with Crippen molar-refractivity contribution in [3.8, 4) is 0 Å². The molecule has 1 heterocycles. The number of hydrogen-bond acceptors (Lipinski definition) is 4. The Hall–Kier alpha value is -1.91. The van der Waals surface area contributed by atoms with E-state index in [4.69, 9.17) is 0 Å². The maximum Gasteiger partial charge on any atom is 0.302 e. The molecule has 0 amide bonds. The number of aromatic nitrogens is 1.